The number of hydrogen-bond acceptors (Lipinski definition) is 3. The standard InChI is InChI=1S/C17H16N4O2/c22-16-15(7-3-8-18-16)17(23)19-11-13-5-1-2-6-14(13)12-21-10-4-9-20-21/h1-10H,11-12H2,(H,18,22)(H,19,23). The van der Waals surface area contributed by atoms with Crippen molar-refractivity contribution in [2.75, 3.05) is 0 Å². The Kier molecular flexibility index (Phi) is 4.33. The van der Waals surface area contributed by atoms with Crippen LogP contribution in [0.15, 0.2) is 65.8 Å². The van der Waals surface area contributed by atoms with Gasteiger partial charge in [0, 0.05) is 25.1 Å². The van der Waals surface area contributed by atoms with Gasteiger partial charge in [0.2, 0.25) is 0 Å². The summed E-state index contributed by atoms with van der Waals surface area (Å²) in [5, 5.41) is 6.98. The molecule has 0 unspecified atom stereocenters. The number of amides is 1. The molecule has 116 valence electrons. The van der Waals surface area contributed by atoms with Gasteiger partial charge in [0.25, 0.3) is 11.5 Å². The Balaban J connectivity index is 1.72. The number of aromatic nitrogens is 3. The van der Waals surface area contributed by atoms with E-state index in [0.29, 0.717) is 13.1 Å². The molecule has 0 aliphatic rings. The van der Waals surface area contributed by atoms with Gasteiger partial charge < -0.3 is 10.3 Å². The molecular weight excluding hydrogens is 292 g/mol. The third-order valence-corrected chi connectivity index (χ3v) is 3.51. The van der Waals surface area contributed by atoms with Crippen LogP contribution in [0.2, 0.25) is 0 Å². The van der Waals surface area contributed by atoms with Crippen LogP contribution in [0.3, 0.4) is 0 Å². The van der Waals surface area contributed by atoms with E-state index in [0.717, 1.165) is 11.1 Å². The fourth-order valence-corrected chi connectivity index (χ4v) is 2.32. The summed E-state index contributed by atoms with van der Waals surface area (Å²) in [6.07, 6.45) is 5.11. The number of carbonyl (C=O) groups excluding carboxylic acids is 1. The predicted octanol–water partition coefficient (Wildman–Crippen LogP) is 1.55. The molecule has 0 atom stereocenters. The molecule has 0 aliphatic carbocycles. The van der Waals surface area contributed by atoms with E-state index in [-0.39, 0.29) is 11.5 Å². The Morgan fingerprint density at radius 2 is 1.96 bits per heavy atom. The Morgan fingerprint density at radius 1 is 1.13 bits per heavy atom. The van der Waals surface area contributed by atoms with Crippen molar-refractivity contribution >= 4 is 5.91 Å². The number of rotatable bonds is 5. The van der Waals surface area contributed by atoms with Crippen LogP contribution >= 0.6 is 0 Å². The normalized spacial score (nSPS) is 10.4. The van der Waals surface area contributed by atoms with E-state index in [1.807, 2.05) is 41.2 Å². The monoisotopic (exact) mass is 308 g/mol. The van der Waals surface area contributed by atoms with Gasteiger partial charge >= 0.3 is 0 Å². The molecule has 0 radical (unpaired) electrons. The number of hydrogen-bond donors (Lipinski definition) is 2. The van der Waals surface area contributed by atoms with Crippen molar-refractivity contribution in [2.24, 2.45) is 0 Å². The molecule has 6 heteroatoms. The molecule has 6 nitrogen and oxygen atoms in total. The Bertz CT molecular complexity index is 853. The molecule has 3 rings (SSSR count). The Hall–Kier alpha value is -3.15. The van der Waals surface area contributed by atoms with E-state index in [4.69, 9.17) is 0 Å². The molecule has 0 spiro atoms. The van der Waals surface area contributed by atoms with Gasteiger partial charge in [-0.1, -0.05) is 24.3 Å². The second kappa shape index (κ2) is 6.74. The number of pyridine rings is 1. The van der Waals surface area contributed by atoms with Gasteiger partial charge in [0.1, 0.15) is 5.56 Å². The van der Waals surface area contributed by atoms with Crippen molar-refractivity contribution < 1.29 is 4.79 Å². The predicted molar refractivity (Wildman–Crippen MR) is 86.0 cm³/mol. The number of H-pyrrole nitrogens is 1. The highest BCUT2D eigenvalue weighted by Crippen LogP contribution is 2.10. The summed E-state index contributed by atoms with van der Waals surface area (Å²) in [5.74, 6) is -0.388. The maximum absolute atomic E-state index is 12.1. The first-order chi connectivity index (χ1) is 11.2. The summed E-state index contributed by atoms with van der Waals surface area (Å²) in [7, 11) is 0. The van der Waals surface area contributed by atoms with Gasteiger partial charge in [0.05, 0.1) is 6.54 Å². The van der Waals surface area contributed by atoms with Crippen molar-refractivity contribution in [3.05, 3.63) is 88.1 Å². The molecule has 3 aromatic rings. The van der Waals surface area contributed by atoms with Crippen LogP contribution in [-0.4, -0.2) is 20.7 Å². The van der Waals surface area contributed by atoms with Crippen LogP contribution in [0.1, 0.15) is 21.5 Å². The topological polar surface area (TPSA) is 79.8 Å². The number of carbonyl (C=O) groups is 1. The largest absolute Gasteiger partial charge is 0.348 e. The van der Waals surface area contributed by atoms with Gasteiger partial charge in [-0.25, -0.2) is 0 Å². The first-order valence-corrected chi connectivity index (χ1v) is 7.24. The van der Waals surface area contributed by atoms with Crippen molar-refractivity contribution in [1.82, 2.24) is 20.1 Å². The van der Waals surface area contributed by atoms with Crippen molar-refractivity contribution in [2.45, 2.75) is 13.1 Å². The lowest BCUT2D eigenvalue weighted by Gasteiger charge is -2.11. The summed E-state index contributed by atoms with van der Waals surface area (Å²) in [6, 6.07) is 12.8. The highest BCUT2D eigenvalue weighted by atomic mass is 16.2. The van der Waals surface area contributed by atoms with Crippen molar-refractivity contribution in [1.29, 1.82) is 0 Å². The molecular formula is C17H16N4O2. The van der Waals surface area contributed by atoms with E-state index >= 15 is 0 Å². The summed E-state index contributed by atoms with van der Waals surface area (Å²) in [6.45, 7) is 0.982. The maximum atomic E-state index is 12.1. The summed E-state index contributed by atoms with van der Waals surface area (Å²) < 4.78 is 1.82. The average molecular weight is 308 g/mol. The highest BCUT2D eigenvalue weighted by Gasteiger charge is 2.10. The lowest BCUT2D eigenvalue weighted by Crippen LogP contribution is -2.29. The smallest absolute Gasteiger partial charge is 0.260 e. The van der Waals surface area contributed by atoms with Crippen LogP contribution in [0.4, 0.5) is 0 Å². The van der Waals surface area contributed by atoms with Gasteiger partial charge in [0.15, 0.2) is 0 Å². The minimum absolute atomic E-state index is 0.108. The van der Waals surface area contributed by atoms with Crippen LogP contribution in [0.5, 0.6) is 0 Å². The lowest BCUT2D eigenvalue weighted by molar-refractivity contribution is 0.0949. The molecule has 0 bridgehead atoms. The van der Waals surface area contributed by atoms with Crippen LogP contribution in [0.25, 0.3) is 0 Å². The van der Waals surface area contributed by atoms with Crippen molar-refractivity contribution in [3.63, 3.8) is 0 Å². The SMILES string of the molecule is O=C(NCc1ccccc1Cn1cccn1)c1ccc[nH]c1=O. The first-order valence-electron chi connectivity index (χ1n) is 7.24. The fourth-order valence-electron chi connectivity index (χ4n) is 2.32. The summed E-state index contributed by atoms with van der Waals surface area (Å²) in [5.41, 5.74) is 1.77. The van der Waals surface area contributed by atoms with E-state index in [2.05, 4.69) is 15.4 Å². The average Bonchev–Trinajstić information content (AvgIpc) is 3.07. The van der Waals surface area contributed by atoms with Crippen LogP contribution < -0.4 is 10.9 Å². The zero-order valence-electron chi connectivity index (χ0n) is 12.4. The van der Waals surface area contributed by atoms with Crippen molar-refractivity contribution in [3.8, 4) is 0 Å². The highest BCUT2D eigenvalue weighted by molar-refractivity contribution is 5.93. The van der Waals surface area contributed by atoms with E-state index in [1.54, 1.807) is 12.3 Å². The summed E-state index contributed by atoms with van der Waals surface area (Å²) in [4.78, 5) is 26.2. The van der Waals surface area contributed by atoms with E-state index in [1.165, 1.54) is 12.3 Å². The number of nitrogens with one attached hydrogen (secondary N) is 2. The quantitative estimate of drug-likeness (QED) is 0.750. The minimum Gasteiger partial charge on any atom is -0.348 e. The molecule has 1 amide bonds. The zero-order valence-corrected chi connectivity index (χ0v) is 12.4. The van der Waals surface area contributed by atoms with Gasteiger partial charge in [-0.2, -0.15) is 5.10 Å². The lowest BCUT2D eigenvalue weighted by atomic mass is 10.1. The molecule has 0 saturated carbocycles. The fraction of sp³-hybridized carbons (Fsp3) is 0.118. The summed E-state index contributed by atoms with van der Waals surface area (Å²) >= 11 is 0. The third-order valence-electron chi connectivity index (χ3n) is 3.51. The molecule has 0 fully saturated rings. The van der Waals surface area contributed by atoms with Gasteiger partial charge in [-0.3, -0.25) is 14.3 Å². The van der Waals surface area contributed by atoms with Crippen LogP contribution in [-0.2, 0) is 13.1 Å². The second-order valence-corrected chi connectivity index (χ2v) is 5.07. The van der Waals surface area contributed by atoms with Gasteiger partial charge in [-0.15, -0.1) is 0 Å². The molecule has 23 heavy (non-hydrogen) atoms. The second-order valence-electron chi connectivity index (χ2n) is 5.07. The van der Waals surface area contributed by atoms with E-state index in [9.17, 15) is 9.59 Å². The zero-order chi connectivity index (χ0) is 16.1. The Morgan fingerprint density at radius 3 is 2.70 bits per heavy atom. The number of benzene rings is 1. The molecule has 0 saturated heterocycles. The van der Waals surface area contributed by atoms with E-state index < -0.39 is 5.56 Å². The molecule has 2 N–H and O–H groups in total. The Labute approximate surface area is 132 Å². The van der Waals surface area contributed by atoms with Crippen LogP contribution in [0, 0.1) is 0 Å². The third kappa shape index (κ3) is 3.55. The van der Waals surface area contributed by atoms with Gasteiger partial charge in [-0.05, 0) is 29.3 Å². The number of nitrogens with zero attached hydrogens (tertiary/aromatic N) is 2. The number of aromatic amines is 1. The molecule has 0 aliphatic heterocycles. The molecule has 1 aromatic carbocycles. The first kappa shape index (κ1) is 14.8. The molecule has 2 heterocycles. The maximum Gasteiger partial charge on any atom is 0.260 e. The molecule has 2 aromatic heterocycles. The minimum atomic E-state index is -0.394.